The first-order valence-electron chi connectivity index (χ1n) is 4.01. The molecule has 3 aliphatic rings. The van der Waals surface area contributed by atoms with Crippen molar-refractivity contribution in [3.8, 4) is 0 Å². The SMILES string of the molecule is CC12CCN(CC1)CC2. The maximum Gasteiger partial charge on any atom is -0.00135 e. The zero-order chi connectivity index (χ0) is 6.32. The fourth-order valence-corrected chi connectivity index (χ4v) is 1.99. The molecular weight excluding hydrogens is 110 g/mol. The van der Waals surface area contributed by atoms with E-state index in [0.717, 1.165) is 5.41 Å². The Balaban J connectivity index is 2.11. The van der Waals surface area contributed by atoms with Crippen molar-refractivity contribution in [1.82, 2.24) is 4.90 Å². The van der Waals surface area contributed by atoms with Crippen LogP contribution in [0.25, 0.3) is 0 Å². The second-order valence-electron chi connectivity index (χ2n) is 3.90. The van der Waals surface area contributed by atoms with Crippen molar-refractivity contribution in [3.63, 3.8) is 0 Å². The third-order valence-electron chi connectivity index (χ3n) is 3.09. The highest BCUT2D eigenvalue weighted by molar-refractivity contribution is 4.88. The maximum atomic E-state index is 2.59. The summed E-state index contributed by atoms with van der Waals surface area (Å²) < 4.78 is 0. The summed E-state index contributed by atoms with van der Waals surface area (Å²) in [5, 5.41) is 0. The molecule has 0 aromatic rings. The molecule has 0 N–H and O–H groups in total. The number of rotatable bonds is 0. The summed E-state index contributed by atoms with van der Waals surface area (Å²) in [4.78, 5) is 2.59. The normalized spacial score (nSPS) is 49.7. The van der Waals surface area contributed by atoms with Crippen molar-refractivity contribution in [3.05, 3.63) is 0 Å². The average molecular weight is 125 g/mol. The van der Waals surface area contributed by atoms with Gasteiger partial charge in [-0.15, -0.1) is 0 Å². The molecule has 0 atom stereocenters. The van der Waals surface area contributed by atoms with Crippen LogP contribution in [0.15, 0.2) is 0 Å². The standard InChI is InChI=1S/C8H15N/c1-8-2-5-9(6-3-8)7-4-8/h2-7H2,1H3. The topological polar surface area (TPSA) is 3.24 Å². The molecule has 3 fully saturated rings. The number of nitrogens with zero attached hydrogens (tertiary/aromatic N) is 1. The average Bonchev–Trinajstić information content (AvgIpc) is 1.90. The van der Waals surface area contributed by atoms with Gasteiger partial charge in [-0.2, -0.15) is 0 Å². The molecule has 0 aliphatic carbocycles. The summed E-state index contributed by atoms with van der Waals surface area (Å²) in [6, 6.07) is 0. The van der Waals surface area contributed by atoms with Gasteiger partial charge in [0.15, 0.2) is 0 Å². The first-order chi connectivity index (χ1) is 4.29. The molecule has 9 heavy (non-hydrogen) atoms. The van der Waals surface area contributed by atoms with E-state index >= 15 is 0 Å². The van der Waals surface area contributed by atoms with Crippen LogP contribution in [-0.2, 0) is 0 Å². The summed E-state index contributed by atoms with van der Waals surface area (Å²) in [5.41, 5.74) is 0.745. The fraction of sp³-hybridized carbons (Fsp3) is 1.00. The lowest BCUT2D eigenvalue weighted by Gasteiger charge is -2.46. The van der Waals surface area contributed by atoms with Crippen LogP contribution in [0.1, 0.15) is 26.2 Å². The van der Waals surface area contributed by atoms with Gasteiger partial charge in [0.2, 0.25) is 0 Å². The fourth-order valence-electron chi connectivity index (χ4n) is 1.99. The van der Waals surface area contributed by atoms with Gasteiger partial charge in [0, 0.05) is 0 Å². The Labute approximate surface area is 57.0 Å². The van der Waals surface area contributed by atoms with E-state index in [1.807, 2.05) is 0 Å². The van der Waals surface area contributed by atoms with Gasteiger partial charge in [-0.1, -0.05) is 6.92 Å². The maximum absolute atomic E-state index is 2.59. The van der Waals surface area contributed by atoms with Gasteiger partial charge in [0.25, 0.3) is 0 Å². The molecule has 3 aliphatic heterocycles. The lowest BCUT2D eigenvalue weighted by molar-refractivity contribution is 0.0405. The van der Waals surface area contributed by atoms with E-state index in [1.54, 1.807) is 0 Å². The molecule has 1 nitrogen and oxygen atoms in total. The van der Waals surface area contributed by atoms with Crippen LogP contribution < -0.4 is 0 Å². The van der Waals surface area contributed by atoms with E-state index in [2.05, 4.69) is 11.8 Å². The predicted octanol–water partition coefficient (Wildman–Crippen LogP) is 1.49. The highest BCUT2D eigenvalue weighted by Gasteiger charge is 2.34. The molecule has 0 aromatic heterocycles. The minimum Gasteiger partial charge on any atom is -0.303 e. The summed E-state index contributed by atoms with van der Waals surface area (Å²) >= 11 is 0. The minimum atomic E-state index is 0.745. The van der Waals surface area contributed by atoms with E-state index in [0.29, 0.717) is 0 Å². The molecule has 0 saturated carbocycles. The van der Waals surface area contributed by atoms with Gasteiger partial charge < -0.3 is 4.90 Å². The molecule has 3 rings (SSSR count). The van der Waals surface area contributed by atoms with Crippen LogP contribution in [0, 0.1) is 5.41 Å². The van der Waals surface area contributed by atoms with E-state index in [4.69, 9.17) is 0 Å². The number of fused-ring (bicyclic) bond motifs is 3. The number of hydrogen-bond donors (Lipinski definition) is 0. The first-order valence-corrected chi connectivity index (χ1v) is 4.01. The molecule has 1 heteroatoms. The summed E-state index contributed by atoms with van der Waals surface area (Å²) in [6.07, 6.45) is 4.35. The molecule has 0 unspecified atom stereocenters. The van der Waals surface area contributed by atoms with E-state index < -0.39 is 0 Å². The zero-order valence-electron chi connectivity index (χ0n) is 6.19. The van der Waals surface area contributed by atoms with Crippen molar-refractivity contribution in [1.29, 1.82) is 0 Å². The molecule has 3 heterocycles. The Bertz CT molecular complexity index is 98.0. The van der Waals surface area contributed by atoms with Crippen molar-refractivity contribution in [2.24, 2.45) is 5.41 Å². The largest absolute Gasteiger partial charge is 0.303 e. The van der Waals surface area contributed by atoms with Crippen molar-refractivity contribution < 1.29 is 0 Å². The van der Waals surface area contributed by atoms with E-state index in [9.17, 15) is 0 Å². The highest BCUT2D eigenvalue weighted by Crippen LogP contribution is 2.38. The number of piperidine rings is 3. The Morgan fingerprint density at radius 1 is 1.00 bits per heavy atom. The van der Waals surface area contributed by atoms with Crippen molar-refractivity contribution in [2.45, 2.75) is 26.2 Å². The van der Waals surface area contributed by atoms with Gasteiger partial charge >= 0.3 is 0 Å². The molecule has 52 valence electrons. The van der Waals surface area contributed by atoms with Gasteiger partial charge in [-0.25, -0.2) is 0 Å². The lowest BCUT2D eigenvalue weighted by Crippen LogP contribution is -2.46. The minimum absolute atomic E-state index is 0.745. The van der Waals surface area contributed by atoms with Gasteiger partial charge in [0.05, 0.1) is 0 Å². The Morgan fingerprint density at radius 2 is 1.44 bits per heavy atom. The monoisotopic (exact) mass is 125 g/mol. The second-order valence-corrected chi connectivity index (χ2v) is 3.90. The predicted molar refractivity (Wildman–Crippen MR) is 38.4 cm³/mol. The van der Waals surface area contributed by atoms with Gasteiger partial charge in [0.1, 0.15) is 0 Å². The van der Waals surface area contributed by atoms with Gasteiger partial charge in [-0.3, -0.25) is 0 Å². The molecule has 2 bridgehead atoms. The molecule has 0 aromatic carbocycles. The molecular formula is C8H15N. The third-order valence-corrected chi connectivity index (χ3v) is 3.09. The van der Waals surface area contributed by atoms with Crippen LogP contribution in [0.4, 0.5) is 0 Å². The second kappa shape index (κ2) is 1.72. The Kier molecular flexibility index (Phi) is 1.10. The lowest BCUT2D eigenvalue weighted by atomic mass is 9.74. The summed E-state index contributed by atoms with van der Waals surface area (Å²) in [5.74, 6) is 0. The third kappa shape index (κ3) is 0.877. The van der Waals surface area contributed by atoms with Crippen LogP contribution in [0.2, 0.25) is 0 Å². The molecule has 0 spiro atoms. The Hall–Kier alpha value is -0.0400. The first kappa shape index (κ1) is 5.72. The quantitative estimate of drug-likeness (QED) is 0.474. The van der Waals surface area contributed by atoms with Crippen molar-refractivity contribution in [2.75, 3.05) is 19.6 Å². The van der Waals surface area contributed by atoms with Crippen LogP contribution >= 0.6 is 0 Å². The van der Waals surface area contributed by atoms with Crippen molar-refractivity contribution >= 4 is 0 Å². The molecule has 0 radical (unpaired) electrons. The van der Waals surface area contributed by atoms with Crippen LogP contribution in [0.3, 0.4) is 0 Å². The zero-order valence-corrected chi connectivity index (χ0v) is 6.19. The number of hydrogen-bond acceptors (Lipinski definition) is 1. The van der Waals surface area contributed by atoms with Crippen LogP contribution in [-0.4, -0.2) is 24.5 Å². The summed E-state index contributed by atoms with van der Waals surface area (Å²) in [6.45, 7) is 6.56. The molecule has 3 saturated heterocycles. The van der Waals surface area contributed by atoms with E-state index in [-0.39, 0.29) is 0 Å². The smallest absolute Gasteiger partial charge is 0.00135 e. The van der Waals surface area contributed by atoms with Gasteiger partial charge in [-0.05, 0) is 44.3 Å². The summed E-state index contributed by atoms with van der Waals surface area (Å²) in [7, 11) is 0. The molecule has 0 amide bonds. The van der Waals surface area contributed by atoms with E-state index in [1.165, 1.54) is 38.9 Å². The van der Waals surface area contributed by atoms with Crippen LogP contribution in [0.5, 0.6) is 0 Å². The Morgan fingerprint density at radius 3 is 1.67 bits per heavy atom. The highest BCUT2D eigenvalue weighted by atomic mass is 15.1.